The Morgan fingerprint density at radius 3 is 2.54 bits per heavy atom. The minimum absolute atomic E-state index is 0.0978. The molecule has 1 aromatic rings. The van der Waals surface area contributed by atoms with Crippen molar-refractivity contribution in [2.45, 2.75) is 38.8 Å². The number of hydrogen-bond donors (Lipinski definition) is 7. The summed E-state index contributed by atoms with van der Waals surface area (Å²) in [6.07, 6.45) is 3.63. The van der Waals surface area contributed by atoms with Crippen LogP contribution in [0.2, 0.25) is 0 Å². The molecule has 1 aliphatic heterocycles. The Balaban J connectivity index is 2.34. The van der Waals surface area contributed by atoms with Crippen LogP contribution >= 0.6 is 0 Å². The molecule has 9 N–H and O–H groups in total. The lowest BCUT2D eigenvalue weighted by molar-refractivity contribution is 0.414. The maximum atomic E-state index is 10.0. The molecule has 26 heavy (non-hydrogen) atoms. The quantitative estimate of drug-likeness (QED) is 0.232. The molecular weight excluding hydrogens is 328 g/mol. The van der Waals surface area contributed by atoms with E-state index in [9.17, 15) is 5.11 Å². The predicted molar refractivity (Wildman–Crippen MR) is 107 cm³/mol. The van der Waals surface area contributed by atoms with E-state index >= 15 is 0 Å². The second kappa shape index (κ2) is 9.15. The average Bonchev–Trinajstić information content (AvgIpc) is 2.61. The van der Waals surface area contributed by atoms with Crippen molar-refractivity contribution in [2.75, 3.05) is 13.1 Å². The third-order valence-electron chi connectivity index (χ3n) is 4.21. The molecule has 2 rings (SSSR count). The lowest BCUT2D eigenvalue weighted by atomic mass is 10.0. The van der Waals surface area contributed by atoms with Crippen LogP contribution in [-0.4, -0.2) is 36.1 Å². The third kappa shape index (κ3) is 5.42. The van der Waals surface area contributed by atoms with Crippen molar-refractivity contribution in [3.8, 4) is 5.75 Å². The number of aromatic hydroxyl groups is 1. The first-order valence-electron chi connectivity index (χ1n) is 8.96. The van der Waals surface area contributed by atoms with Gasteiger partial charge in [0.1, 0.15) is 11.6 Å². The lowest BCUT2D eigenvalue weighted by Crippen LogP contribution is -2.42. The van der Waals surface area contributed by atoms with E-state index in [1.807, 2.05) is 19.9 Å². The maximum Gasteiger partial charge on any atom is 0.144 e. The first-order valence-corrected chi connectivity index (χ1v) is 8.96. The average molecular weight is 358 g/mol. The standard InChI is InChI=1S/C19H30N6O/c1-12(2)24-19(22)18(21)16(25-13-7-9-23-10-8-13)11-15(20)14-5-3-4-6-17(14)26/h3-6,11-13,23,25-26H,7-10,20-21H2,1-2H3,(H2,22,24)/b15-11-,18-16+. The smallest absolute Gasteiger partial charge is 0.144 e. The summed E-state index contributed by atoms with van der Waals surface area (Å²) in [5.74, 6) is 0.259. The topological polar surface area (TPSA) is 132 Å². The van der Waals surface area contributed by atoms with E-state index in [2.05, 4.69) is 16.0 Å². The van der Waals surface area contributed by atoms with Crippen LogP contribution in [0.4, 0.5) is 0 Å². The Morgan fingerprint density at radius 2 is 1.92 bits per heavy atom. The van der Waals surface area contributed by atoms with Crippen LogP contribution in [0.15, 0.2) is 41.7 Å². The second-order valence-electron chi connectivity index (χ2n) is 6.79. The van der Waals surface area contributed by atoms with Gasteiger partial charge in [0.2, 0.25) is 0 Å². The number of phenolic OH excluding ortho intramolecular Hbond substituents is 1. The van der Waals surface area contributed by atoms with Crippen LogP contribution in [0.3, 0.4) is 0 Å². The number of phenols is 1. The summed E-state index contributed by atoms with van der Waals surface area (Å²) in [5.41, 5.74) is 14.3. The number of piperidine rings is 1. The van der Waals surface area contributed by atoms with Gasteiger partial charge < -0.3 is 32.5 Å². The molecule has 0 aliphatic carbocycles. The summed E-state index contributed by atoms with van der Waals surface area (Å²) in [6.45, 7) is 5.78. The van der Waals surface area contributed by atoms with Crippen molar-refractivity contribution < 1.29 is 5.11 Å². The highest BCUT2D eigenvalue weighted by molar-refractivity contribution is 5.96. The first-order chi connectivity index (χ1) is 12.4. The Kier molecular flexibility index (Phi) is 6.91. The lowest BCUT2D eigenvalue weighted by Gasteiger charge is -2.26. The Labute approximate surface area is 155 Å². The van der Waals surface area contributed by atoms with Gasteiger partial charge in [0.05, 0.1) is 11.4 Å². The van der Waals surface area contributed by atoms with E-state index in [1.165, 1.54) is 0 Å². The van der Waals surface area contributed by atoms with E-state index in [0.29, 0.717) is 22.7 Å². The monoisotopic (exact) mass is 358 g/mol. The fraction of sp³-hybridized carbons (Fsp3) is 0.421. The summed E-state index contributed by atoms with van der Waals surface area (Å²) in [6, 6.07) is 7.24. The molecule has 0 aromatic heterocycles. The number of allylic oxidation sites excluding steroid dienone is 1. The molecule has 7 nitrogen and oxygen atoms in total. The maximum absolute atomic E-state index is 10.0. The molecule has 0 amide bonds. The number of nitrogens with two attached hydrogens (primary N) is 2. The molecular formula is C19H30N6O. The van der Waals surface area contributed by atoms with Gasteiger partial charge >= 0.3 is 0 Å². The molecule has 1 saturated heterocycles. The molecule has 142 valence electrons. The van der Waals surface area contributed by atoms with Gasteiger partial charge in [-0.05, 0) is 58.0 Å². The predicted octanol–water partition coefficient (Wildman–Crippen LogP) is 1.18. The molecule has 0 saturated carbocycles. The molecule has 0 spiro atoms. The third-order valence-corrected chi connectivity index (χ3v) is 4.21. The van der Waals surface area contributed by atoms with E-state index < -0.39 is 0 Å². The van der Waals surface area contributed by atoms with Crippen LogP contribution in [0, 0.1) is 5.41 Å². The molecule has 0 bridgehead atoms. The molecule has 1 aliphatic rings. The largest absolute Gasteiger partial charge is 0.507 e. The molecule has 7 heteroatoms. The van der Waals surface area contributed by atoms with E-state index in [0.717, 1.165) is 25.9 Å². The highest BCUT2D eigenvalue weighted by Gasteiger charge is 2.17. The highest BCUT2D eigenvalue weighted by Crippen LogP contribution is 2.22. The van der Waals surface area contributed by atoms with Crippen molar-refractivity contribution in [1.82, 2.24) is 16.0 Å². The molecule has 1 aromatic carbocycles. The van der Waals surface area contributed by atoms with Crippen LogP contribution in [-0.2, 0) is 0 Å². The summed E-state index contributed by atoms with van der Waals surface area (Å²) in [4.78, 5) is 0. The zero-order chi connectivity index (χ0) is 19.1. The molecule has 0 unspecified atom stereocenters. The van der Waals surface area contributed by atoms with Crippen LogP contribution < -0.4 is 27.4 Å². The highest BCUT2D eigenvalue weighted by atomic mass is 16.3. The van der Waals surface area contributed by atoms with Gasteiger partial charge in [-0.1, -0.05) is 12.1 Å². The second-order valence-corrected chi connectivity index (χ2v) is 6.79. The number of para-hydroxylation sites is 1. The van der Waals surface area contributed by atoms with Gasteiger partial charge in [-0.3, -0.25) is 5.41 Å². The molecule has 1 fully saturated rings. The minimum Gasteiger partial charge on any atom is -0.507 e. The van der Waals surface area contributed by atoms with E-state index in [1.54, 1.807) is 24.3 Å². The van der Waals surface area contributed by atoms with Gasteiger partial charge in [-0.15, -0.1) is 0 Å². The van der Waals surface area contributed by atoms with Crippen molar-refractivity contribution in [3.63, 3.8) is 0 Å². The van der Waals surface area contributed by atoms with Gasteiger partial charge in [0.25, 0.3) is 0 Å². The summed E-state index contributed by atoms with van der Waals surface area (Å²) in [5, 5.41) is 28.0. The van der Waals surface area contributed by atoms with Crippen LogP contribution in [0.1, 0.15) is 32.3 Å². The van der Waals surface area contributed by atoms with Gasteiger partial charge in [-0.2, -0.15) is 0 Å². The fourth-order valence-corrected chi connectivity index (χ4v) is 2.84. The normalized spacial score (nSPS) is 17.0. The van der Waals surface area contributed by atoms with Gasteiger partial charge in [-0.25, -0.2) is 0 Å². The minimum atomic E-state index is 0.0978. The molecule has 1 heterocycles. The number of nitrogens with one attached hydrogen (secondary N) is 4. The number of rotatable bonds is 6. The van der Waals surface area contributed by atoms with E-state index in [-0.39, 0.29) is 23.7 Å². The SMILES string of the molecule is CC(C)NC(=N)/C(N)=C(/C=C(\N)c1ccccc1O)NC1CCNCC1. The summed E-state index contributed by atoms with van der Waals surface area (Å²) < 4.78 is 0. The van der Waals surface area contributed by atoms with Crippen LogP contribution in [0.25, 0.3) is 5.70 Å². The van der Waals surface area contributed by atoms with Crippen molar-refractivity contribution >= 4 is 11.5 Å². The number of amidine groups is 1. The zero-order valence-corrected chi connectivity index (χ0v) is 15.5. The van der Waals surface area contributed by atoms with Crippen LogP contribution in [0.5, 0.6) is 5.75 Å². The molecule has 0 radical (unpaired) electrons. The van der Waals surface area contributed by atoms with Crippen molar-refractivity contribution in [1.29, 1.82) is 5.41 Å². The zero-order valence-electron chi connectivity index (χ0n) is 15.5. The van der Waals surface area contributed by atoms with E-state index in [4.69, 9.17) is 16.9 Å². The van der Waals surface area contributed by atoms with Gasteiger partial charge in [0, 0.05) is 23.3 Å². The fourth-order valence-electron chi connectivity index (χ4n) is 2.84. The van der Waals surface area contributed by atoms with Gasteiger partial charge in [0.15, 0.2) is 0 Å². The molecule has 0 atom stereocenters. The summed E-state index contributed by atoms with van der Waals surface area (Å²) >= 11 is 0. The number of benzene rings is 1. The Morgan fingerprint density at radius 1 is 1.27 bits per heavy atom. The Hall–Kier alpha value is -2.67. The Bertz CT molecular complexity index is 689. The first kappa shape index (κ1) is 19.7. The number of hydrogen-bond acceptors (Lipinski definition) is 6. The van der Waals surface area contributed by atoms with Crippen molar-refractivity contribution in [2.24, 2.45) is 11.5 Å². The summed E-state index contributed by atoms with van der Waals surface area (Å²) in [7, 11) is 0. The van der Waals surface area contributed by atoms with Crippen molar-refractivity contribution in [3.05, 3.63) is 47.3 Å².